The topological polar surface area (TPSA) is 89.2 Å². The van der Waals surface area contributed by atoms with Crippen LogP contribution in [0.1, 0.15) is 56.0 Å². The highest BCUT2D eigenvalue weighted by Gasteiger charge is 2.46. The third-order valence-corrected chi connectivity index (χ3v) is 6.08. The summed E-state index contributed by atoms with van der Waals surface area (Å²) in [6.45, 7) is 5.08. The molecule has 7 nitrogen and oxygen atoms in total. The van der Waals surface area contributed by atoms with E-state index in [9.17, 15) is 14.7 Å². The van der Waals surface area contributed by atoms with Gasteiger partial charge in [0.05, 0.1) is 37.6 Å². The minimum Gasteiger partial charge on any atom is -0.507 e. The van der Waals surface area contributed by atoms with Crippen LogP contribution in [0, 0.1) is 0 Å². The fraction of sp³-hybridized carbons (Fsp3) is 0.310. The fourth-order valence-electron chi connectivity index (χ4n) is 4.33. The van der Waals surface area contributed by atoms with Gasteiger partial charge >= 0.3 is 0 Å². The number of nitrogens with zero attached hydrogens (tertiary/aromatic N) is 1. The van der Waals surface area contributed by atoms with E-state index in [1.807, 2.05) is 19.1 Å². The van der Waals surface area contributed by atoms with Crippen molar-refractivity contribution in [2.45, 2.75) is 45.7 Å². The van der Waals surface area contributed by atoms with Crippen molar-refractivity contribution in [2.24, 2.45) is 0 Å². The highest BCUT2D eigenvalue weighted by molar-refractivity contribution is 6.46. The summed E-state index contributed by atoms with van der Waals surface area (Å²) in [4.78, 5) is 27.8. The number of aliphatic hydroxyl groups excluding tert-OH is 1. The number of Topliss-reactive ketones (excluding diaryl/α,β-unsaturated/α-hetero) is 1. The molecule has 4 rings (SSSR count). The predicted octanol–water partition coefficient (Wildman–Crippen LogP) is 5.87. The van der Waals surface area contributed by atoms with Crippen molar-refractivity contribution in [3.05, 3.63) is 89.4 Å². The third-order valence-electron chi connectivity index (χ3n) is 6.08. The SMILES string of the molecule is CCCCCOc1ccc(C2C(=C(O)c3ccccc3)C(=O)C(=O)N2Cc2ccco2)cc1OCC. The Morgan fingerprint density at radius 3 is 2.47 bits per heavy atom. The molecule has 1 atom stereocenters. The maximum Gasteiger partial charge on any atom is 0.296 e. The molecule has 1 aromatic heterocycles. The van der Waals surface area contributed by atoms with Crippen LogP contribution >= 0.6 is 0 Å². The number of carbonyl (C=O) groups excluding carboxylic acids is 2. The summed E-state index contributed by atoms with van der Waals surface area (Å²) in [7, 11) is 0. The number of furan rings is 1. The smallest absolute Gasteiger partial charge is 0.296 e. The second-order valence-corrected chi connectivity index (χ2v) is 8.57. The molecule has 0 spiro atoms. The van der Waals surface area contributed by atoms with Gasteiger partial charge in [0.1, 0.15) is 11.5 Å². The largest absolute Gasteiger partial charge is 0.507 e. The molecular formula is C29H31NO6. The van der Waals surface area contributed by atoms with Gasteiger partial charge in [0.15, 0.2) is 11.5 Å². The Bertz CT molecular complexity index is 1220. The molecule has 0 radical (unpaired) electrons. The quantitative estimate of drug-likeness (QED) is 0.157. The van der Waals surface area contributed by atoms with Gasteiger partial charge in [-0.2, -0.15) is 0 Å². The zero-order valence-electron chi connectivity index (χ0n) is 20.6. The first-order chi connectivity index (χ1) is 17.5. The molecule has 1 N–H and O–H groups in total. The molecular weight excluding hydrogens is 458 g/mol. The molecule has 1 saturated heterocycles. The molecule has 1 amide bonds. The Labute approximate surface area is 210 Å². The summed E-state index contributed by atoms with van der Waals surface area (Å²) in [6, 6.07) is 16.8. The number of benzene rings is 2. The number of rotatable bonds is 11. The van der Waals surface area contributed by atoms with E-state index in [0.29, 0.717) is 41.6 Å². The molecule has 0 bridgehead atoms. The first-order valence-corrected chi connectivity index (χ1v) is 12.3. The summed E-state index contributed by atoms with van der Waals surface area (Å²) in [5, 5.41) is 11.2. The van der Waals surface area contributed by atoms with E-state index < -0.39 is 17.7 Å². The molecule has 3 aromatic rings. The number of unbranched alkanes of at least 4 members (excludes halogenated alkanes) is 2. The Hall–Kier alpha value is -4.00. The van der Waals surface area contributed by atoms with Gasteiger partial charge < -0.3 is 23.9 Å². The maximum absolute atomic E-state index is 13.2. The third kappa shape index (κ3) is 5.30. The van der Waals surface area contributed by atoms with Crippen molar-refractivity contribution >= 4 is 17.4 Å². The molecule has 1 unspecified atom stereocenters. The van der Waals surface area contributed by atoms with Crippen LogP contribution in [-0.4, -0.2) is 34.9 Å². The minimum absolute atomic E-state index is 0.0248. The van der Waals surface area contributed by atoms with Crippen LogP contribution in [0.2, 0.25) is 0 Å². The van der Waals surface area contributed by atoms with E-state index >= 15 is 0 Å². The maximum atomic E-state index is 13.2. The van der Waals surface area contributed by atoms with Crippen molar-refractivity contribution < 1.29 is 28.6 Å². The van der Waals surface area contributed by atoms with E-state index in [2.05, 4.69) is 6.92 Å². The number of hydrogen-bond donors (Lipinski definition) is 1. The number of likely N-dealkylation sites (tertiary alicyclic amines) is 1. The lowest BCUT2D eigenvalue weighted by atomic mass is 9.95. The standard InChI is InChI=1S/C29H31NO6/c1-3-5-9-16-36-23-15-14-21(18-24(23)34-4-2)26-25(27(31)20-11-7-6-8-12-20)28(32)29(33)30(26)19-22-13-10-17-35-22/h6-8,10-15,17-18,26,31H,3-5,9,16,19H2,1-2H3. The second kappa shape index (κ2) is 11.6. The van der Waals surface area contributed by atoms with Crippen LogP contribution in [-0.2, 0) is 16.1 Å². The predicted molar refractivity (Wildman–Crippen MR) is 136 cm³/mol. The fourth-order valence-corrected chi connectivity index (χ4v) is 4.33. The molecule has 0 aliphatic carbocycles. The molecule has 7 heteroatoms. The van der Waals surface area contributed by atoms with E-state index in [1.54, 1.807) is 48.5 Å². The van der Waals surface area contributed by atoms with E-state index in [-0.39, 0.29) is 17.9 Å². The first kappa shape index (κ1) is 25.1. The lowest BCUT2D eigenvalue weighted by Gasteiger charge is -2.25. The highest BCUT2D eigenvalue weighted by Crippen LogP contribution is 2.42. The number of amides is 1. The zero-order valence-corrected chi connectivity index (χ0v) is 20.6. The van der Waals surface area contributed by atoms with Crippen LogP contribution in [0.5, 0.6) is 11.5 Å². The Balaban J connectivity index is 1.78. The molecule has 2 heterocycles. The second-order valence-electron chi connectivity index (χ2n) is 8.57. The van der Waals surface area contributed by atoms with Gasteiger partial charge in [-0.1, -0.05) is 56.2 Å². The van der Waals surface area contributed by atoms with Gasteiger partial charge in [0.25, 0.3) is 11.7 Å². The van der Waals surface area contributed by atoms with Crippen LogP contribution in [0.25, 0.3) is 5.76 Å². The molecule has 2 aromatic carbocycles. The van der Waals surface area contributed by atoms with Crippen molar-refractivity contribution in [1.82, 2.24) is 4.90 Å². The number of ether oxygens (including phenoxy) is 2. The van der Waals surface area contributed by atoms with Crippen LogP contribution in [0.15, 0.2) is 76.9 Å². The number of ketones is 1. The van der Waals surface area contributed by atoms with Crippen molar-refractivity contribution in [1.29, 1.82) is 0 Å². The zero-order chi connectivity index (χ0) is 25.5. The monoisotopic (exact) mass is 489 g/mol. The first-order valence-electron chi connectivity index (χ1n) is 12.3. The Kier molecular flexibility index (Phi) is 8.10. The Morgan fingerprint density at radius 2 is 1.78 bits per heavy atom. The average molecular weight is 490 g/mol. The lowest BCUT2D eigenvalue weighted by molar-refractivity contribution is -0.140. The van der Waals surface area contributed by atoms with E-state index in [4.69, 9.17) is 13.9 Å². The number of aliphatic hydroxyl groups is 1. The number of hydrogen-bond acceptors (Lipinski definition) is 6. The summed E-state index contributed by atoms with van der Waals surface area (Å²) in [5.74, 6) is -0.0173. The van der Waals surface area contributed by atoms with Gasteiger partial charge in [-0.25, -0.2) is 0 Å². The van der Waals surface area contributed by atoms with Gasteiger partial charge in [0, 0.05) is 5.56 Å². The molecule has 0 saturated carbocycles. The molecule has 1 aliphatic heterocycles. The summed E-state index contributed by atoms with van der Waals surface area (Å²) in [5.41, 5.74) is 1.11. The van der Waals surface area contributed by atoms with E-state index in [0.717, 1.165) is 19.3 Å². The molecule has 36 heavy (non-hydrogen) atoms. The molecule has 188 valence electrons. The van der Waals surface area contributed by atoms with Crippen molar-refractivity contribution in [3.63, 3.8) is 0 Å². The van der Waals surface area contributed by atoms with Gasteiger partial charge in [-0.15, -0.1) is 0 Å². The van der Waals surface area contributed by atoms with E-state index in [1.165, 1.54) is 11.2 Å². The molecule has 1 aliphatic rings. The normalized spacial score (nSPS) is 16.9. The van der Waals surface area contributed by atoms with Gasteiger partial charge in [-0.05, 0) is 43.2 Å². The Morgan fingerprint density at radius 1 is 0.972 bits per heavy atom. The lowest BCUT2D eigenvalue weighted by Crippen LogP contribution is -2.29. The summed E-state index contributed by atoms with van der Waals surface area (Å²) in [6.07, 6.45) is 4.62. The highest BCUT2D eigenvalue weighted by atomic mass is 16.5. The van der Waals surface area contributed by atoms with Gasteiger partial charge in [-0.3, -0.25) is 9.59 Å². The van der Waals surface area contributed by atoms with Gasteiger partial charge in [0.2, 0.25) is 0 Å². The van der Waals surface area contributed by atoms with Crippen molar-refractivity contribution in [2.75, 3.05) is 13.2 Å². The minimum atomic E-state index is -0.830. The average Bonchev–Trinajstić information content (AvgIpc) is 3.50. The summed E-state index contributed by atoms with van der Waals surface area (Å²) >= 11 is 0. The van der Waals surface area contributed by atoms with Crippen LogP contribution in [0.3, 0.4) is 0 Å². The summed E-state index contributed by atoms with van der Waals surface area (Å²) < 4.78 is 17.3. The molecule has 1 fully saturated rings. The van der Waals surface area contributed by atoms with Crippen molar-refractivity contribution in [3.8, 4) is 11.5 Å². The van der Waals surface area contributed by atoms with Crippen LogP contribution in [0.4, 0.5) is 0 Å². The number of carbonyl (C=O) groups is 2. The van der Waals surface area contributed by atoms with Crippen LogP contribution < -0.4 is 9.47 Å².